The molecule has 0 unspecified atom stereocenters. The highest BCUT2D eigenvalue weighted by Gasteiger charge is 2.25. The molecule has 1 fully saturated rings. The predicted molar refractivity (Wildman–Crippen MR) is 81.6 cm³/mol. The van der Waals surface area contributed by atoms with Crippen molar-refractivity contribution in [2.75, 3.05) is 53.1 Å². The van der Waals surface area contributed by atoms with E-state index >= 15 is 0 Å². The standard InChI is InChI=1S/C16H21FN2O4/c1-22-10-11-23-12-15(20)18-6-8-19(9-7-18)16(21)13-4-2-3-5-14(13)17/h2-5H,6-12H2,1H3. The quantitative estimate of drug-likeness (QED) is 0.726. The van der Waals surface area contributed by atoms with E-state index in [1.807, 2.05) is 0 Å². The number of piperazine rings is 1. The lowest BCUT2D eigenvalue weighted by molar-refractivity contribution is -0.138. The molecule has 2 amide bonds. The molecule has 1 aliphatic rings. The Bertz CT molecular complexity index is 545. The van der Waals surface area contributed by atoms with Gasteiger partial charge in [-0.3, -0.25) is 9.59 Å². The number of halogens is 1. The van der Waals surface area contributed by atoms with Crippen molar-refractivity contribution in [3.63, 3.8) is 0 Å². The maximum atomic E-state index is 13.7. The molecule has 7 heteroatoms. The van der Waals surface area contributed by atoms with Crippen molar-refractivity contribution in [3.8, 4) is 0 Å². The second-order valence-corrected chi connectivity index (χ2v) is 5.20. The molecule has 0 radical (unpaired) electrons. The molecule has 6 nitrogen and oxygen atoms in total. The van der Waals surface area contributed by atoms with Crippen LogP contribution in [0.3, 0.4) is 0 Å². The van der Waals surface area contributed by atoms with Gasteiger partial charge in [0.25, 0.3) is 5.91 Å². The van der Waals surface area contributed by atoms with E-state index in [4.69, 9.17) is 9.47 Å². The van der Waals surface area contributed by atoms with Crippen LogP contribution in [0.4, 0.5) is 4.39 Å². The van der Waals surface area contributed by atoms with Crippen LogP contribution < -0.4 is 0 Å². The summed E-state index contributed by atoms with van der Waals surface area (Å²) in [6.07, 6.45) is 0. The predicted octanol–water partition coefficient (Wildman–Crippen LogP) is 0.773. The first-order chi connectivity index (χ1) is 11.1. The molecule has 1 aromatic rings. The normalized spacial score (nSPS) is 14.9. The highest BCUT2D eigenvalue weighted by molar-refractivity contribution is 5.94. The zero-order valence-electron chi connectivity index (χ0n) is 13.2. The Morgan fingerprint density at radius 3 is 2.39 bits per heavy atom. The van der Waals surface area contributed by atoms with Crippen LogP contribution in [0.1, 0.15) is 10.4 Å². The van der Waals surface area contributed by atoms with Crippen LogP contribution in [0.25, 0.3) is 0 Å². The Morgan fingerprint density at radius 2 is 1.74 bits per heavy atom. The average molecular weight is 324 g/mol. The van der Waals surface area contributed by atoms with Gasteiger partial charge in [-0.15, -0.1) is 0 Å². The molecular weight excluding hydrogens is 303 g/mol. The van der Waals surface area contributed by atoms with Gasteiger partial charge in [-0.1, -0.05) is 12.1 Å². The van der Waals surface area contributed by atoms with E-state index in [0.29, 0.717) is 39.4 Å². The number of hydrogen-bond donors (Lipinski definition) is 0. The zero-order valence-corrected chi connectivity index (χ0v) is 13.2. The number of rotatable bonds is 6. The fourth-order valence-electron chi connectivity index (χ4n) is 2.36. The van der Waals surface area contributed by atoms with Gasteiger partial charge in [-0.2, -0.15) is 0 Å². The first-order valence-corrected chi connectivity index (χ1v) is 7.51. The van der Waals surface area contributed by atoms with E-state index in [0.717, 1.165) is 0 Å². The van der Waals surface area contributed by atoms with Gasteiger partial charge >= 0.3 is 0 Å². The maximum absolute atomic E-state index is 13.7. The van der Waals surface area contributed by atoms with Crippen LogP contribution in [-0.4, -0.2) is 74.7 Å². The van der Waals surface area contributed by atoms with Crippen molar-refractivity contribution in [2.45, 2.75) is 0 Å². The first kappa shape index (κ1) is 17.4. The minimum Gasteiger partial charge on any atom is -0.382 e. The van der Waals surface area contributed by atoms with Gasteiger partial charge in [-0.25, -0.2) is 4.39 Å². The van der Waals surface area contributed by atoms with E-state index in [1.165, 1.54) is 12.1 Å². The molecule has 0 N–H and O–H groups in total. The first-order valence-electron chi connectivity index (χ1n) is 7.51. The average Bonchev–Trinajstić information content (AvgIpc) is 2.58. The van der Waals surface area contributed by atoms with Crippen LogP contribution in [0, 0.1) is 5.82 Å². The monoisotopic (exact) mass is 324 g/mol. The molecule has 23 heavy (non-hydrogen) atoms. The van der Waals surface area contributed by atoms with Gasteiger partial charge in [0, 0.05) is 33.3 Å². The summed E-state index contributed by atoms with van der Waals surface area (Å²) >= 11 is 0. The summed E-state index contributed by atoms with van der Waals surface area (Å²) in [4.78, 5) is 27.5. The van der Waals surface area contributed by atoms with Gasteiger partial charge in [0.2, 0.25) is 5.91 Å². The van der Waals surface area contributed by atoms with E-state index in [9.17, 15) is 14.0 Å². The number of carbonyl (C=O) groups is 2. The Kier molecular flexibility index (Phi) is 6.49. The van der Waals surface area contributed by atoms with E-state index in [2.05, 4.69) is 0 Å². The SMILES string of the molecule is COCCOCC(=O)N1CCN(C(=O)c2ccccc2F)CC1. The van der Waals surface area contributed by atoms with E-state index in [-0.39, 0.29) is 24.0 Å². The lowest BCUT2D eigenvalue weighted by Gasteiger charge is -2.34. The van der Waals surface area contributed by atoms with Crippen LogP contribution >= 0.6 is 0 Å². The number of hydrogen-bond acceptors (Lipinski definition) is 4. The molecule has 0 saturated carbocycles. The minimum atomic E-state index is -0.525. The van der Waals surface area contributed by atoms with Crippen molar-refractivity contribution in [1.29, 1.82) is 0 Å². The summed E-state index contributed by atoms with van der Waals surface area (Å²) in [5, 5.41) is 0. The topological polar surface area (TPSA) is 59.1 Å². The molecule has 0 spiro atoms. The third-order valence-electron chi connectivity index (χ3n) is 3.68. The molecule has 1 aliphatic heterocycles. The number of amides is 2. The second-order valence-electron chi connectivity index (χ2n) is 5.20. The van der Waals surface area contributed by atoms with Gasteiger partial charge in [0.1, 0.15) is 12.4 Å². The Balaban J connectivity index is 1.80. The molecule has 0 aromatic heterocycles. The zero-order chi connectivity index (χ0) is 16.7. The Hall–Kier alpha value is -1.99. The Labute approximate surface area is 134 Å². The molecule has 0 bridgehead atoms. The van der Waals surface area contributed by atoms with Crippen molar-refractivity contribution in [1.82, 2.24) is 9.80 Å². The van der Waals surface area contributed by atoms with E-state index < -0.39 is 5.82 Å². The van der Waals surface area contributed by atoms with Crippen molar-refractivity contribution in [3.05, 3.63) is 35.6 Å². The number of nitrogens with zero attached hydrogens (tertiary/aromatic N) is 2. The summed E-state index contributed by atoms with van der Waals surface area (Å²) in [6.45, 7) is 2.43. The summed E-state index contributed by atoms with van der Waals surface area (Å²) in [5.41, 5.74) is 0.0650. The lowest BCUT2D eigenvalue weighted by Crippen LogP contribution is -2.51. The minimum absolute atomic E-state index is 0.00458. The second kappa shape index (κ2) is 8.59. The third-order valence-corrected chi connectivity index (χ3v) is 3.68. The highest BCUT2D eigenvalue weighted by Crippen LogP contribution is 2.12. The van der Waals surface area contributed by atoms with Crippen molar-refractivity contribution in [2.24, 2.45) is 0 Å². The summed E-state index contributed by atoms with van der Waals surface area (Å²) in [5.74, 6) is -0.979. The number of methoxy groups -OCH3 is 1. The molecule has 1 aromatic carbocycles. The van der Waals surface area contributed by atoms with Crippen molar-refractivity contribution < 1.29 is 23.5 Å². The van der Waals surface area contributed by atoms with Gasteiger partial charge < -0.3 is 19.3 Å². The summed E-state index contributed by atoms with van der Waals surface area (Å²) in [6, 6.07) is 5.92. The number of ether oxygens (including phenoxy) is 2. The van der Waals surface area contributed by atoms with Crippen LogP contribution in [0.2, 0.25) is 0 Å². The maximum Gasteiger partial charge on any atom is 0.256 e. The lowest BCUT2D eigenvalue weighted by atomic mass is 10.1. The molecule has 0 aliphatic carbocycles. The molecule has 2 rings (SSSR count). The summed E-state index contributed by atoms with van der Waals surface area (Å²) in [7, 11) is 1.57. The Morgan fingerprint density at radius 1 is 1.09 bits per heavy atom. The molecule has 126 valence electrons. The van der Waals surface area contributed by atoms with Crippen LogP contribution in [0.15, 0.2) is 24.3 Å². The van der Waals surface area contributed by atoms with Gasteiger partial charge in [-0.05, 0) is 12.1 Å². The third kappa shape index (κ3) is 4.74. The van der Waals surface area contributed by atoms with Crippen LogP contribution in [-0.2, 0) is 14.3 Å². The van der Waals surface area contributed by atoms with E-state index in [1.54, 1.807) is 29.0 Å². The highest BCUT2D eigenvalue weighted by atomic mass is 19.1. The molecular formula is C16H21FN2O4. The molecule has 1 saturated heterocycles. The van der Waals surface area contributed by atoms with Gasteiger partial charge in [0.05, 0.1) is 18.8 Å². The molecule has 0 atom stereocenters. The fourth-order valence-corrected chi connectivity index (χ4v) is 2.36. The van der Waals surface area contributed by atoms with Crippen LogP contribution in [0.5, 0.6) is 0 Å². The summed E-state index contributed by atoms with van der Waals surface area (Å²) < 4.78 is 23.7. The van der Waals surface area contributed by atoms with Crippen molar-refractivity contribution >= 4 is 11.8 Å². The van der Waals surface area contributed by atoms with Gasteiger partial charge in [0.15, 0.2) is 0 Å². The smallest absolute Gasteiger partial charge is 0.256 e. The fraction of sp³-hybridized carbons (Fsp3) is 0.500. The number of benzene rings is 1. The molecule has 1 heterocycles. The number of carbonyl (C=O) groups excluding carboxylic acids is 2. The largest absolute Gasteiger partial charge is 0.382 e.